The van der Waals surface area contributed by atoms with Crippen molar-refractivity contribution in [1.29, 1.82) is 0 Å². The van der Waals surface area contributed by atoms with E-state index < -0.39 is 5.69 Å². The van der Waals surface area contributed by atoms with Gasteiger partial charge >= 0.3 is 5.69 Å². The Hall–Kier alpha value is -1.10. The molecule has 0 saturated heterocycles. The fourth-order valence-electron chi connectivity index (χ4n) is 1.25. The molecule has 0 bridgehead atoms. The standard InChI is InChI=1S/C8H19N.C2H2N2O2/c1-5-7-9(6-2)8(3)4;5-2-3-1-6-4-2/h8H,5-7H2,1-4H3;1H,(H,4,5). The Labute approximate surface area is 90.5 Å². The van der Waals surface area contributed by atoms with E-state index in [0.29, 0.717) is 0 Å². The summed E-state index contributed by atoms with van der Waals surface area (Å²) in [5.41, 5.74) is -0.449. The van der Waals surface area contributed by atoms with Gasteiger partial charge in [-0.05, 0) is 33.4 Å². The molecule has 0 aromatic carbocycles. The van der Waals surface area contributed by atoms with Crippen molar-refractivity contribution in [1.82, 2.24) is 15.0 Å². The molecule has 0 atom stereocenters. The fraction of sp³-hybridized carbons (Fsp3) is 0.800. The SMILES string of the molecule is CCCN(CC)C(C)C.O=c1nco[nH]1. The van der Waals surface area contributed by atoms with Crippen LogP contribution in [0.2, 0.25) is 0 Å². The molecule has 0 spiro atoms. The first-order valence-electron chi connectivity index (χ1n) is 5.34. The largest absolute Gasteiger partial charge is 0.376 e. The maximum absolute atomic E-state index is 9.81. The molecule has 0 fully saturated rings. The zero-order chi connectivity index (χ0) is 11.7. The predicted molar refractivity (Wildman–Crippen MR) is 59.8 cm³/mol. The summed E-state index contributed by atoms with van der Waals surface area (Å²) >= 11 is 0. The molecule has 88 valence electrons. The van der Waals surface area contributed by atoms with E-state index in [1.54, 1.807) is 0 Å². The van der Waals surface area contributed by atoms with Crippen molar-refractivity contribution in [3.63, 3.8) is 0 Å². The van der Waals surface area contributed by atoms with Crippen molar-refractivity contribution in [2.75, 3.05) is 13.1 Å². The van der Waals surface area contributed by atoms with Crippen molar-refractivity contribution < 1.29 is 4.52 Å². The van der Waals surface area contributed by atoms with Gasteiger partial charge in [-0.3, -0.25) is 0 Å². The molecule has 0 aliphatic rings. The average Bonchev–Trinajstić information content (AvgIpc) is 2.66. The minimum atomic E-state index is -0.449. The molecule has 0 saturated carbocycles. The zero-order valence-electron chi connectivity index (χ0n) is 9.99. The number of aromatic amines is 1. The lowest BCUT2D eigenvalue weighted by atomic mass is 10.3. The van der Waals surface area contributed by atoms with Crippen molar-refractivity contribution >= 4 is 0 Å². The van der Waals surface area contributed by atoms with Crippen LogP contribution >= 0.6 is 0 Å². The zero-order valence-corrected chi connectivity index (χ0v) is 9.99. The Morgan fingerprint density at radius 3 is 2.33 bits per heavy atom. The first kappa shape index (κ1) is 13.9. The van der Waals surface area contributed by atoms with E-state index >= 15 is 0 Å². The van der Waals surface area contributed by atoms with E-state index in [9.17, 15) is 4.79 Å². The second kappa shape index (κ2) is 8.23. The van der Waals surface area contributed by atoms with Gasteiger partial charge in [0.05, 0.1) is 0 Å². The smallest absolute Gasteiger partial charge is 0.365 e. The van der Waals surface area contributed by atoms with Crippen LogP contribution in [-0.4, -0.2) is 34.2 Å². The summed E-state index contributed by atoms with van der Waals surface area (Å²) in [5.74, 6) is 0. The molecule has 1 aromatic heterocycles. The molecule has 0 radical (unpaired) electrons. The lowest BCUT2D eigenvalue weighted by molar-refractivity contribution is 0.234. The monoisotopic (exact) mass is 215 g/mol. The van der Waals surface area contributed by atoms with Gasteiger partial charge in [-0.15, -0.1) is 0 Å². The molecule has 0 unspecified atom stereocenters. The van der Waals surface area contributed by atoms with Crippen LogP contribution in [0.15, 0.2) is 15.7 Å². The van der Waals surface area contributed by atoms with Gasteiger partial charge in [-0.1, -0.05) is 13.8 Å². The van der Waals surface area contributed by atoms with Crippen LogP contribution in [0.1, 0.15) is 34.1 Å². The number of H-pyrrole nitrogens is 1. The summed E-state index contributed by atoms with van der Waals surface area (Å²) in [4.78, 5) is 15.4. The van der Waals surface area contributed by atoms with Crippen LogP contribution in [-0.2, 0) is 0 Å². The van der Waals surface area contributed by atoms with Crippen LogP contribution in [0, 0.1) is 0 Å². The Bertz CT molecular complexity index is 263. The fourth-order valence-corrected chi connectivity index (χ4v) is 1.25. The maximum atomic E-state index is 9.81. The lowest BCUT2D eigenvalue weighted by Gasteiger charge is -2.23. The van der Waals surface area contributed by atoms with Crippen molar-refractivity contribution in [3.8, 4) is 0 Å². The number of nitrogens with zero attached hydrogens (tertiary/aromatic N) is 2. The summed E-state index contributed by atoms with van der Waals surface area (Å²) < 4.78 is 4.17. The third-order valence-electron chi connectivity index (χ3n) is 2.02. The van der Waals surface area contributed by atoms with E-state index in [1.165, 1.54) is 19.5 Å². The second-order valence-electron chi connectivity index (χ2n) is 3.48. The van der Waals surface area contributed by atoms with Gasteiger partial charge in [0.1, 0.15) is 0 Å². The number of hydrogen-bond acceptors (Lipinski definition) is 4. The summed E-state index contributed by atoms with van der Waals surface area (Å²) in [5, 5.41) is 1.96. The van der Waals surface area contributed by atoms with Crippen LogP contribution in [0.3, 0.4) is 0 Å². The third kappa shape index (κ3) is 6.90. The topological polar surface area (TPSA) is 62.1 Å². The third-order valence-corrected chi connectivity index (χ3v) is 2.02. The van der Waals surface area contributed by atoms with Gasteiger partial charge in [-0.2, -0.15) is 10.1 Å². The Balaban J connectivity index is 0.000000280. The van der Waals surface area contributed by atoms with Crippen molar-refractivity contribution in [2.45, 2.75) is 40.2 Å². The summed E-state index contributed by atoms with van der Waals surface area (Å²) in [7, 11) is 0. The predicted octanol–water partition coefficient (Wildman–Crippen LogP) is 1.49. The lowest BCUT2D eigenvalue weighted by Crippen LogP contribution is -2.31. The number of hydrogen-bond donors (Lipinski definition) is 1. The molecule has 0 aliphatic heterocycles. The molecule has 5 nitrogen and oxygen atoms in total. The Morgan fingerprint density at radius 2 is 2.20 bits per heavy atom. The second-order valence-corrected chi connectivity index (χ2v) is 3.48. The highest BCUT2D eigenvalue weighted by molar-refractivity contribution is 4.58. The van der Waals surface area contributed by atoms with Gasteiger partial charge in [0.15, 0.2) is 0 Å². The normalized spacial score (nSPS) is 10.3. The maximum Gasteiger partial charge on any atom is 0.376 e. The van der Waals surface area contributed by atoms with Gasteiger partial charge in [0.2, 0.25) is 6.39 Å². The molecule has 5 heteroatoms. The molecular weight excluding hydrogens is 194 g/mol. The molecule has 0 amide bonds. The summed E-state index contributed by atoms with van der Waals surface area (Å²) in [6.45, 7) is 11.4. The van der Waals surface area contributed by atoms with Crippen LogP contribution in [0.4, 0.5) is 0 Å². The van der Waals surface area contributed by atoms with Crippen LogP contribution in [0.25, 0.3) is 0 Å². The number of aromatic nitrogens is 2. The molecule has 1 rings (SSSR count). The molecule has 1 aromatic rings. The van der Waals surface area contributed by atoms with E-state index in [-0.39, 0.29) is 0 Å². The van der Waals surface area contributed by atoms with Gasteiger partial charge < -0.3 is 9.42 Å². The van der Waals surface area contributed by atoms with Crippen molar-refractivity contribution in [3.05, 3.63) is 16.9 Å². The van der Waals surface area contributed by atoms with E-state index in [2.05, 4.69) is 42.1 Å². The highest BCUT2D eigenvalue weighted by Gasteiger charge is 2.02. The first-order valence-corrected chi connectivity index (χ1v) is 5.34. The average molecular weight is 215 g/mol. The number of nitrogens with one attached hydrogen (secondary N) is 1. The molecule has 1 N–H and O–H groups in total. The van der Waals surface area contributed by atoms with Crippen LogP contribution in [0.5, 0.6) is 0 Å². The van der Waals surface area contributed by atoms with E-state index in [1.807, 2.05) is 5.16 Å². The summed E-state index contributed by atoms with van der Waals surface area (Å²) in [6, 6.07) is 0.718. The minimum absolute atomic E-state index is 0.449. The van der Waals surface area contributed by atoms with Gasteiger partial charge in [0.25, 0.3) is 0 Å². The Kier molecular flexibility index (Phi) is 7.62. The molecule has 1 heterocycles. The molecule has 15 heavy (non-hydrogen) atoms. The highest BCUT2D eigenvalue weighted by atomic mass is 16.5. The van der Waals surface area contributed by atoms with E-state index in [0.717, 1.165) is 12.4 Å². The number of rotatable bonds is 4. The first-order chi connectivity index (χ1) is 7.11. The van der Waals surface area contributed by atoms with Crippen LogP contribution < -0.4 is 5.69 Å². The van der Waals surface area contributed by atoms with Gasteiger partial charge in [-0.25, -0.2) is 4.79 Å². The van der Waals surface area contributed by atoms with Gasteiger partial charge in [0, 0.05) is 6.04 Å². The molecule has 0 aliphatic carbocycles. The Morgan fingerprint density at radius 1 is 1.53 bits per heavy atom. The van der Waals surface area contributed by atoms with E-state index in [4.69, 9.17) is 0 Å². The van der Waals surface area contributed by atoms with Crippen molar-refractivity contribution in [2.24, 2.45) is 0 Å². The minimum Gasteiger partial charge on any atom is -0.365 e. The molecular formula is C10H21N3O2. The quantitative estimate of drug-likeness (QED) is 0.826. The highest BCUT2D eigenvalue weighted by Crippen LogP contribution is 1.97. The summed E-state index contributed by atoms with van der Waals surface area (Å²) in [6.07, 6.45) is 2.31.